The van der Waals surface area contributed by atoms with Gasteiger partial charge in [-0.05, 0) is 44.2 Å². The summed E-state index contributed by atoms with van der Waals surface area (Å²) in [5.74, 6) is -4.15. The normalized spacial score (nSPS) is 12.0. The molecule has 0 aliphatic rings. The molecule has 0 spiro atoms. The summed E-state index contributed by atoms with van der Waals surface area (Å²) in [6.07, 6.45) is 0.632. The number of nitrogens with zero attached hydrogens (tertiary/aromatic N) is 4. The van der Waals surface area contributed by atoms with Crippen LogP contribution in [0.5, 0.6) is 0 Å². The van der Waals surface area contributed by atoms with E-state index in [2.05, 4.69) is 15.0 Å². The summed E-state index contributed by atoms with van der Waals surface area (Å²) in [4.78, 5) is 37.0. The molecule has 0 fully saturated rings. The molecule has 3 aromatic heterocycles. The molecule has 1 atom stereocenters. The molecule has 3 aromatic rings. The zero-order chi connectivity index (χ0) is 28.3. The Morgan fingerprint density at radius 3 is 2.21 bits per heavy atom. The molecule has 0 aliphatic heterocycles. The van der Waals surface area contributed by atoms with Crippen LogP contribution in [0.1, 0.15) is 35.7 Å². The number of carbonyl (C=O) groups is 3. The van der Waals surface area contributed by atoms with Gasteiger partial charge in [0.05, 0.1) is 49.7 Å². The number of pyridine rings is 1. The predicted octanol–water partition coefficient (Wildman–Crippen LogP) is 1.30. The van der Waals surface area contributed by atoms with Gasteiger partial charge in [0.2, 0.25) is 0 Å². The van der Waals surface area contributed by atoms with E-state index >= 15 is 0 Å². The number of aliphatic hydroxyl groups excluding tert-OH is 1. The smallest absolute Gasteiger partial charge is 0.336 e. The Balaban J connectivity index is 0.000000332. The number of rotatable bonds is 13. The first-order valence-electron chi connectivity index (χ1n) is 11.6. The van der Waals surface area contributed by atoms with Crippen LogP contribution in [0.3, 0.4) is 0 Å². The molecule has 13 nitrogen and oxygen atoms in total. The molecule has 1 unspecified atom stereocenters. The van der Waals surface area contributed by atoms with Crippen LogP contribution in [0.15, 0.2) is 53.3 Å². The molecule has 38 heavy (non-hydrogen) atoms. The number of aliphatic hydroxyl groups is 2. The maximum atomic E-state index is 10.6. The fourth-order valence-electron chi connectivity index (χ4n) is 3.66. The minimum atomic E-state index is -2.74. The molecule has 0 saturated carbocycles. The Bertz CT molecular complexity index is 1160. The van der Waals surface area contributed by atoms with Crippen molar-refractivity contribution >= 4 is 17.9 Å². The lowest BCUT2D eigenvalue weighted by molar-refractivity contribution is -0.170. The number of aryl methyl sites for hydroxylation is 2. The van der Waals surface area contributed by atoms with Gasteiger partial charge in [0.25, 0.3) is 0 Å². The number of hydrogen-bond donors (Lipinski definition) is 5. The van der Waals surface area contributed by atoms with Crippen LogP contribution >= 0.6 is 0 Å². The number of carboxylic acids is 3. The summed E-state index contributed by atoms with van der Waals surface area (Å²) in [7, 11) is 0. The fraction of sp³-hybridized carbons (Fsp3) is 0.400. The van der Waals surface area contributed by atoms with E-state index in [1.54, 1.807) is 12.5 Å². The second-order valence-corrected chi connectivity index (χ2v) is 8.81. The van der Waals surface area contributed by atoms with Crippen molar-refractivity contribution in [1.82, 2.24) is 19.7 Å². The minimum Gasteiger partial charge on any atom is -0.481 e. The summed E-state index contributed by atoms with van der Waals surface area (Å²) in [5, 5.41) is 48.8. The van der Waals surface area contributed by atoms with Gasteiger partial charge in [-0.2, -0.15) is 5.10 Å². The SMILES string of the molecule is Cc1cc(C)n(CC(O)CN(Cc2ccccn2)Cc2ccco2)n1.O=C(O)CC(O)(CC(=O)O)C(=O)O. The largest absolute Gasteiger partial charge is 0.481 e. The average molecular weight is 533 g/mol. The second kappa shape index (κ2) is 14.0. The van der Waals surface area contributed by atoms with Crippen molar-refractivity contribution in [3.63, 3.8) is 0 Å². The lowest BCUT2D eigenvalue weighted by Gasteiger charge is -2.24. The van der Waals surface area contributed by atoms with Crippen molar-refractivity contribution in [3.05, 3.63) is 71.7 Å². The molecule has 0 aromatic carbocycles. The molecule has 206 valence electrons. The Labute approximate surface area is 218 Å². The number of carboxylic acid groups (broad SMARTS) is 3. The molecule has 5 N–H and O–H groups in total. The van der Waals surface area contributed by atoms with Crippen LogP contribution in [0, 0.1) is 13.8 Å². The second-order valence-electron chi connectivity index (χ2n) is 8.81. The van der Waals surface area contributed by atoms with E-state index in [0.29, 0.717) is 26.2 Å². The third-order valence-electron chi connectivity index (χ3n) is 5.31. The summed E-state index contributed by atoms with van der Waals surface area (Å²) < 4.78 is 7.32. The van der Waals surface area contributed by atoms with Crippen LogP contribution in [0.2, 0.25) is 0 Å². The lowest BCUT2D eigenvalue weighted by atomic mass is 9.96. The van der Waals surface area contributed by atoms with Crippen LogP contribution in [0.25, 0.3) is 0 Å². The van der Waals surface area contributed by atoms with Crippen molar-refractivity contribution in [2.24, 2.45) is 0 Å². The highest BCUT2D eigenvalue weighted by atomic mass is 16.4. The van der Waals surface area contributed by atoms with Crippen LogP contribution in [-0.2, 0) is 34.0 Å². The summed E-state index contributed by atoms with van der Waals surface area (Å²) in [6.45, 7) is 6.21. The third-order valence-corrected chi connectivity index (χ3v) is 5.31. The highest BCUT2D eigenvalue weighted by Gasteiger charge is 2.40. The number of aromatic nitrogens is 3. The van der Waals surface area contributed by atoms with E-state index in [9.17, 15) is 19.5 Å². The van der Waals surface area contributed by atoms with Gasteiger partial charge in [0.15, 0.2) is 5.60 Å². The van der Waals surface area contributed by atoms with Gasteiger partial charge in [-0.15, -0.1) is 0 Å². The predicted molar refractivity (Wildman–Crippen MR) is 132 cm³/mol. The maximum absolute atomic E-state index is 10.6. The van der Waals surface area contributed by atoms with Gasteiger partial charge in [0, 0.05) is 25.0 Å². The first-order chi connectivity index (χ1) is 17.9. The molecule has 0 aliphatic carbocycles. The third kappa shape index (κ3) is 10.1. The maximum Gasteiger partial charge on any atom is 0.336 e. The first-order valence-corrected chi connectivity index (χ1v) is 11.6. The average Bonchev–Trinajstić information content (AvgIpc) is 3.42. The molecular formula is C25H32N4O9. The van der Waals surface area contributed by atoms with Gasteiger partial charge in [-0.3, -0.25) is 24.2 Å². The highest BCUT2D eigenvalue weighted by molar-refractivity contribution is 5.88. The van der Waals surface area contributed by atoms with Crippen molar-refractivity contribution in [2.45, 2.75) is 58.0 Å². The van der Waals surface area contributed by atoms with Crippen molar-refractivity contribution < 1.29 is 44.3 Å². The Morgan fingerprint density at radius 2 is 1.74 bits per heavy atom. The molecule has 3 rings (SSSR count). The van der Waals surface area contributed by atoms with Gasteiger partial charge in [-0.1, -0.05) is 6.07 Å². The van der Waals surface area contributed by atoms with Crippen LogP contribution in [0.4, 0.5) is 0 Å². The van der Waals surface area contributed by atoms with E-state index in [0.717, 1.165) is 22.8 Å². The van der Waals surface area contributed by atoms with Gasteiger partial charge in [-0.25, -0.2) is 4.79 Å². The lowest BCUT2D eigenvalue weighted by Crippen LogP contribution is -2.42. The molecule has 0 amide bonds. The van der Waals surface area contributed by atoms with E-state index in [-0.39, 0.29) is 0 Å². The van der Waals surface area contributed by atoms with E-state index in [1.807, 2.05) is 54.9 Å². The quantitative estimate of drug-likeness (QED) is 0.212. The Morgan fingerprint density at radius 1 is 1.05 bits per heavy atom. The molecule has 13 heteroatoms. The van der Waals surface area contributed by atoms with E-state index in [4.69, 9.17) is 24.8 Å². The van der Waals surface area contributed by atoms with Crippen molar-refractivity contribution in [2.75, 3.05) is 6.54 Å². The zero-order valence-corrected chi connectivity index (χ0v) is 21.1. The standard InChI is InChI=1S/C19H24N4O2.C6H8O7/c1-15-10-16(2)23(21-15)13-18(24)12-22(14-19-7-5-9-25-19)11-17-6-3-4-8-20-17;7-3(8)1-6(13,5(11)12)2-4(9)10/h3-10,18,24H,11-14H2,1-2H3;13H,1-2H2,(H,7,8)(H,9,10)(H,11,12). The molecular weight excluding hydrogens is 500 g/mol. The topological polar surface area (TPSA) is 199 Å². The van der Waals surface area contributed by atoms with Gasteiger partial charge in [0.1, 0.15) is 5.76 Å². The zero-order valence-electron chi connectivity index (χ0n) is 21.1. The number of aliphatic carboxylic acids is 3. The Kier molecular flexibility index (Phi) is 11.1. The van der Waals surface area contributed by atoms with Gasteiger partial charge >= 0.3 is 17.9 Å². The van der Waals surface area contributed by atoms with Crippen LogP contribution < -0.4 is 0 Å². The van der Waals surface area contributed by atoms with Crippen molar-refractivity contribution in [3.8, 4) is 0 Å². The molecule has 3 heterocycles. The first kappa shape index (κ1) is 30.2. The highest BCUT2D eigenvalue weighted by Crippen LogP contribution is 2.16. The van der Waals surface area contributed by atoms with E-state index in [1.165, 1.54) is 0 Å². The molecule has 0 bridgehead atoms. The van der Waals surface area contributed by atoms with E-state index < -0.39 is 42.5 Å². The van der Waals surface area contributed by atoms with Crippen LogP contribution in [-0.4, -0.2) is 81.4 Å². The minimum absolute atomic E-state index is 0.469. The molecule has 0 radical (unpaired) electrons. The molecule has 0 saturated heterocycles. The van der Waals surface area contributed by atoms with Gasteiger partial charge < -0.3 is 29.9 Å². The fourth-order valence-corrected chi connectivity index (χ4v) is 3.66. The summed E-state index contributed by atoms with van der Waals surface area (Å²) >= 11 is 0. The summed E-state index contributed by atoms with van der Waals surface area (Å²) in [6, 6.07) is 11.7. The monoisotopic (exact) mass is 532 g/mol. The van der Waals surface area contributed by atoms with Crippen molar-refractivity contribution in [1.29, 1.82) is 0 Å². The Hall–Kier alpha value is -4.07. The number of hydrogen-bond acceptors (Lipinski definition) is 9. The summed E-state index contributed by atoms with van der Waals surface area (Å²) in [5.41, 5.74) is 0.245. The number of furan rings is 1.